The highest BCUT2D eigenvalue weighted by molar-refractivity contribution is 5.92. The minimum Gasteiger partial charge on any atom is -0.335 e. The number of halogens is 3. The van der Waals surface area contributed by atoms with Gasteiger partial charge in [0.15, 0.2) is 5.69 Å². The molecule has 8 heteroatoms. The van der Waals surface area contributed by atoms with E-state index < -0.39 is 17.8 Å². The molecule has 0 saturated carbocycles. The lowest BCUT2D eigenvalue weighted by molar-refractivity contribution is -0.141. The van der Waals surface area contributed by atoms with E-state index in [1.807, 2.05) is 12.0 Å². The zero-order chi connectivity index (χ0) is 18.0. The van der Waals surface area contributed by atoms with Crippen LogP contribution in [-0.4, -0.2) is 52.1 Å². The predicted molar refractivity (Wildman–Crippen MR) is 85.9 cm³/mol. The van der Waals surface area contributed by atoms with Crippen molar-refractivity contribution in [3.8, 4) is 0 Å². The maximum atomic E-state index is 12.6. The fourth-order valence-electron chi connectivity index (χ4n) is 2.80. The standard InChI is InChI=1S/C17H19F3N4O/c1-12-2-4-13(5-3-12)11-23-6-8-24(9-7-23)16(25)14-10-15(22-21-14)17(18,19)20/h2-5,10H,6-9,11H2,1H3,(H,21,22). The van der Waals surface area contributed by atoms with Gasteiger partial charge in [0.05, 0.1) is 0 Å². The number of amides is 1. The minimum absolute atomic E-state index is 0.195. The van der Waals surface area contributed by atoms with Crippen LogP contribution in [-0.2, 0) is 12.7 Å². The van der Waals surface area contributed by atoms with Crippen molar-refractivity contribution in [3.63, 3.8) is 0 Å². The Kier molecular flexibility index (Phi) is 4.80. The molecule has 25 heavy (non-hydrogen) atoms. The van der Waals surface area contributed by atoms with Crippen molar-refractivity contribution in [2.75, 3.05) is 26.2 Å². The van der Waals surface area contributed by atoms with Crippen LogP contribution in [0, 0.1) is 6.92 Å². The third-order valence-electron chi connectivity index (χ3n) is 4.29. The summed E-state index contributed by atoms with van der Waals surface area (Å²) < 4.78 is 37.8. The summed E-state index contributed by atoms with van der Waals surface area (Å²) in [5.74, 6) is -0.471. The molecule has 0 atom stereocenters. The molecule has 0 radical (unpaired) electrons. The lowest BCUT2D eigenvalue weighted by atomic mass is 10.1. The molecule has 0 unspecified atom stereocenters. The van der Waals surface area contributed by atoms with Crippen LogP contribution in [0.25, 0.3) is 0 Å². The molecular formula is C17H19F3N4O. The third kappa shape index (κ3) is 4.19. The Morgan fingerprint density at radius 1 is 1.16 bits per heavy atom. The molecule has 2 aromatic rings. The van der Waals surface area contributed by atoms with Gasteiger partial charge in [-0.05, 0) is 12.5 Å². The number of carbonyl (C=O) groups excluding carboxylic acids is 1. The second kappa shape index (κ2) is 6.87. The number of aromatic amines is 1. The van der Waals surface area contributed by atoms with E-state index in [4.69, 9.17) is 0 Å². The number of hydrogen-bond acceptors (Lipinski definition) is 3. The van der Waals surface area contributed by atoms with Gasteiger partial charge in [0.25, 0.3) is 5.91 Å². The molecule has 1 N–H and O–H groups in total. The smallest absolute Gasteiger partial charge is 0.335 e. The normalized spacial score (nSPS) is 16.2. The van der Waals surface area contributed by atoms with Crippen molar-refractivity contribution in [2.24, 2.45) is 0 Å². The molecule has 0 aliphatic carbocycles. The van der Waals surface area contributed by atoms with E-state index in [2.05, 4.69) is 34.3 Å². The number of carbonyl (C=O) groups is 1. The maximum Gasteiger partial charge on any atom is 0.432 e. The Morgan fingerprint density at radius 2 is 1.80 bits per heavy atom. The van der Waals surface area contributed by atoms with E-state index in [9.17, 15) is 18.0 Å². The summed E-state index contributed by atoms with van der Waals surface area (Å²) in [6, 6.07) is 9.04. The molecule has 3 rings (SSSR count). The Labute approximate surface area is 143 Å². The van der Waals surface area contributed by atoms with Crippen LogP contribution in [0.5, 0.6) is 0 Å². The summed E-state index contributed by atoms with van der Waals surface area (Å²) >= 11 is 0. The van der Waals surface area contributed by atoms with Crippen molar-refractivity contribution in [1.82, 2.24) is 20.0 Å². The molecule has 1 aromatic heterocycles. The molecular weight excluding hydrogens is 333 g/mol. The zero-order valence-corrected chi connectivity index (χ0v) is 13.8. The van der Waals surface area contributed by atoms with Gasteiger partial charge in [0, 0.05) is 38.8 Å². The first kappa shape index (κ1) is 17.5. The fourth-order valence-corrected chi connectivity index (χ4v) is 2.80. The molecule has 2 heterocycles. The predicted octanol–water partition coefficient (Wildman–Crippen LogP) is 2.69. The number of rotatable bonds is 3. The Balaban J connectivity index is 1.55. The van der Waals surface area contributed by atoms with E-state index in [1.165, 1.54) is 11.1 Å². The second-order valence-corrected chi connectivity index (χ2v) is 6.22. The highest BCUT2D eigenvalue weighted by Crippen LogP contribution is 2.28. The summed E-state index contributed by atoms with van der Waals surface area (Å²) in [6.07, 6.45) is -4.53. The highest BCUT2D eigenvalue weighted by Gasteiger charge is 2.34. The fraction of sp³-hybridized carbons (Fsp3) is 0.412. The number of nitrogens with one attached hydrogen (secondary N) is 1. The number of aryl methyl sites for hydroxylation is 1. The summed E-state index contributed by atoms with van der Waals surface area (Å²) in [7, 11) is 0. The highest BCUT2D eigenvalue weighted by atomic mass is 19.4. The first-order valence-electron chi connectivity index (χ1n) is 8.03. The SMILES string of the molecule is Cc1ccc(CN2CCN(C(=O)c3cc(C(F)(F)F)[nH]n3)CC2)cc1. The molecule has 1 aliphatic rings. The number of benzene rings is 1. The summed E-state index contributed by atoms with van der Waals surface area (Å²) in [6.45, 7) is 5.13. The number of piperazine rings is 1. The van der Waals surface area contributed by atoms with Gasteiger partial charge in [-0.3, -0.25) is 14.8 Å². The number of alkyl halides is 3. The summed E-state index contributed by atoms with van der Waals surface area (Å²) in [4.78, 5) is 16.1. The zero-order valence-electron chi connectivity index (χ0n) is 13.8. The Hall–Kier alpha value is -2.35. The van der Waals surface area contributed by atoms with Gasteiger partial charge in [-0.25, -0.2) is 0 Å². The largest absolute Gasteiger partial charge is 0.432 e. The van der Waals surface area contributed by atoms with Crippen molar-refractivity contribution >= 4 is 5.91 Å². The molecule has 1 fully saturated rings. The van der Waals surface area contributed by atoms with Crippen LogP contribution in [0.2, 0.25) is 0 Å². The quantitative estimate of drug-likeness (QED) is 0.924. The molecule has 1 aromatic carbocycles. The van der Waals surface area contributed by atoms with Gasteiger partial charge in [-0.2, -0.15) is 18.3 Å². The van der Waals surface area contributed by atoms with Gasteiger partial charge in [-0.15, -0.1) is 0 Å². The van der Waals surface area contributed by atoms with Gasteiger partial charge in [0.1, 0.15) is 5.69 Å². The first-order valence-corrected chi connectivity index (χ1v) is 8.03. The minimum atomic E-state index is -4.53. The lowest BCUT2D eigenvalue weighted by Gasteiger charge is -2.34. The molecule has 1 aliphatic heterocycles. The first-order chi connectivity index (χ1) is 11.8. The van der Waals surface area contributed by atoms with Gasteiger partial charge < -0.3 is 4.90 Å². The van der Waals surface area contributed by atoms with Crippen LogP contribution < -0.4 is 0 Å². The van der Waals surface area contributed by atoms with Gasteiger partial charge in [0.2, 0.25) is 0 Å². The van der Waals surface area contributed by atoms with Crippen LogP contribution >= 0.6 is 0 Å². The topological polar surface area (TPSA) is 52.2 Å². The number of nitrogens with zero attached hydrogens (tertiary/aromatic N) is 3. The van der Waals surface area contributed by atoms with Crippen molar-refractivity contribution < 1.29 is 18.0 Å². The third-order valence-corrected chi connectivity index (χ3v) is 4.29. The van der Waals surface area contributed by atoms with Crippen molar-refractivity contribution in [3.05, 3.63) is 52.8 Å². The van der Waals surface area contributed by atoms with Gasteiger partial charge in [-0.1, -0.05) is 29.8 Å². The average molecular weight is 352 g/mol. The molecule has 0 bridgehead atoms. The van der Waals surface area contributed by atoms with Crippen LogP contribution in [0.1, 0.15) is 27.3 Å². The second-order valence-electron chi connectivity index (χ2n) is 6.22. The monoisotopic (exact) mass is 352 g/mol. The summed E-state index contributed by atoms with van der Waals surface area (Å²) in [5, 5.41) is 5.38. The van der Waals surface area contributed by atoms with E-state index in [0.717, 1.165) is 12.6 Å². The maximum absolute atomic E-state index is 12.6. The van der Waals surface area contributed by atoms with E-state index in [-0.39, 0.29) is 5.69 Å². The number of H-pyrrole nitrogens is 1. The van der Waals surface area contributed by atoms with Gasteiger partial charge >= 0.3 is 6.18 Å². The van der Waals surface area contributed by atoms with Crippen LogP contribution in [0.4, 0.5) is 13.2 Å². The average Bonchev–Trinajstić information content (AvgIpc) is 3.07. The number of hydrogen-bond donors (Lipinski definition) is 1. The van der Waals surface area contributed by atoms with Crippen molar-refractivity contribution in [2.45, 2.75) is 19.6 Å². The lowest BCUT2D eigenvalue weighted by Crippen LogP contribution is -2.48. The van der Waals surface area contributed by atoms with E-state index in [1.54, 1.807) is 4.90 Å². The number of aromatic nitrogens is 2. The molecule has 134 valence electrons. The Bertz CT molecular complexity index is 731. The van der Waals surface area contributed by atoms with E-state index in [0.29, 0.717) is 26.2 Å². The van der Waals surface area contributed by atoms with E-state index >= 15 is 0 Å². The molecule has 1 saturated heterocycles. The molecule has 5 nitrogen and oxygen atoms in total. The van der Waals surface area contributed by atoms with Crippen LogP contribution in [0.3, 0.4) is 0 Å². The Morgan fingerprint density at radius 3 is 2.36 bits per heavy atom. The molecule has 1 amide bonds. The van der Waals surface area contributed by atoms with Crippen molar-refractivity contribution in [1.29, 1.82) is 0 Å². The molecule has 0 spiro atoms. The summed E-state index contributed by atoms with van der Waals surface area (Å²) in [5.41, 5.74) is 1.21. The van der Waals surface area contributed by atoms with Crippen LogP contribution in [0.15, 0.2) is 30.3 Å².